The quantitative estimate of drug-likeness (QED) is 0.855. The number of benzene rings is 2. The largest absolute Gasteiger partial charge is 0.484 e. The number of hydrogen-bond acceptors (Lipinski definition) is 4. The minimum atomic E-state index is -0.205. The lowest BCUT2D eigenvalue weighted by Gasteiger charge is -2.18. The van der Waals surface area contributed by atoms with Crippen LogP contribution < -0.4 is 15.0 Å². The van der Waals surface area contributed by atoms with Crippen molar-refractivity contribution in [2.75, 3.05) is 37.0 Å². The molecule has 1 heterocycles. The van der Waals surface area contributed by atoms with Crippen molar-refractivity contribution < 1.29 is 14.3 Å². The summed E-state index contributed by atoms with van der Waals surface area (Å²) < 4.78 is 10.8. The molecule has 1 unspecified atom stereocenters. The Morgan fingerprint density at radius 3 is 2.56 bits per heavy atom. The van der Waals surface area contributed by atoms with Gasteiger partial charge in [-0.25, -0.2) is 0 Å². The van der Waals surface area contributed by atoms with Gasteiger partial charge in [0, 0.05) is 36.6 Å². The summed E-state index contributed by atoms with van der Waals surface area (Å²) in [6.45, 7) is 1.83. The molecule has 5 nitrogen and oxygen atoms in total. The van der Waals surface area contributed by atoms with Gasteiger partial charge in [0.25, 0.3) is 5.91 Å². The van der Waals surface area contributed by atoms with Gasteiger partial charge in [-0.1, -0.05) is 11.6 Å². The topological polar surface area (TPSA) is 50.8 Å². The third-order valence-corrected chi connectivity index (χ3v) is 4.43. The molecular weight excluding hydrogens is 340 g/mol. The van der Waals surface area contributed by atoms with Gasteiger partial charge < -0.3 is 19.7 Å². The van der Waals surface area contributed by atoms with Gasteiger partial charge in [0.05, 0.1) is 6.10 Å². The first-order chi connectivity index (χ1) is 12.1. The van der Waals surface area contributed by atoms with Crippen molar-refractivity contribution in [1.82, 2.24) is 0 Å². The molecule has 2 aromatic rings. The fraction of sp³-hybridized carbons (Fsp3) is 0.316. The van der Waals surface area contributed by atoms with E-state index in [1.54, 1.807) is 31.4 Å². The second-order valence-electron chi connectivity index (χ2n) is 5.93. The Kier molecular flexibility index (Phi) is 5.79. The van der Waals surface area contributed by atoms with Crippen LogP contribution in [-0.4, -0.2) is 38.8 Å². The first-order valence-electron chi connectivity index (χ1n) is 8.20. The van der Waals surface area contributed by atoms with Crippen LogP contribution in [0.25, 0.3) is 0 Å². The van der Waals surface area contributed by atoms with E-state index in [-0.39, 0.29) is 12.5 Å². The molecule has 2 aromatic carbocycles. The minimum Gasteiger partial charge on any atom is -0.484 e. The molecule has 1 saturated heterocycles. The monoisotopic (exact) mass is 360 g/mol. The fourth-order valence-corrected chi connectivity index (χ4v) is 2.91. The number of ether oxygens (including phenoxy) is 2. The van der Waals surface area contributed by atoms with Crippen molar-refractivity contribution in [2.24, 2.45) is 0 Å². The number of carbonyl (C=O) groups excluding carboxylic acids is 1. The van der Waals surface area contributed by atoms with E-state index in [2.05, 4.69) is 10.2 Å². The van der Waals surface area contributed by atoms with Crippen LogP contribution in [0.5, 0.6) is 5.75 Å². The Morgan fingerprint density at radius 1 is 1.20 bits per heavy atom. The van der Waals surface area contributed by atoms with Crippen LogP contribution in [0.4, 0.5) is 11.4 Å². The van der Waals surface area contributed by atoms with Gasteiger partial charge in [0.15, 0.2) is 6.61 Å². The predicted molar refractivity (Wildman–Crippen MR) is 99.6 cm³/mol. The van der Waals surface area contributed by atoms with E-state index in [1.807, 2.05) is 24.3 Å². The highest BCUT2D eigenvalue weighted by Crippen LogP contribution is 2.23. The standard InChI is InChI=1S/C19H21ClN2O3/c1-24-18-10-11-22(12-18)16-6-4-15(5-7-16)21-19(23)13-25-17-8-2-14(20)3-9-17/h2-9,18H,10-13H2,1H3,(H,21,23). The summed E-state index contributed by atoms with van der Waals surface area (Å²) in [7, 11) is 1.75. The summed E-state index contributed by atoms with van der Waals surface area (Å²) in [5.74, 6) is 0.403. The lowest BCUT2D eigenvalue weighted by Crippen LogP contribution is -2.22. The molecule has 1 aliphatic heterocycles. The highest BCUT2D eigenvalue weighted by atomic mass is 35.5. The Labute approximate surface area is 152 Å². The zero-order chi connectivity index (χ0) is 17.6. The molecule has 0 saturated carbocycles. The van der Waals surface area contributed by atoms with Gasteiger partial charge in [-0.15, -0.1) is 0 Å². The molecule has 1 N–H and O–H groups in total. The molecule has 6 heteroatoms. The lowest BCUT2D eigenvalue weighted by atomic mass is 10.2. The van der Waals surface area contributed by atoms with Crippen LogP contribution in [-0.2, 0) is 9.53 Å². The van der Waals surface area contributed by atoms with Crippen molar-refractivity contribution in [3.63, 3.8) is 0 Å². The second kappa shape index (κ2) is 8.23. The molecule has 0 spiro atoms. The van der Waals surface area contributed by atoms with E-state index < -0.39 is 0 Å². The van der Waals surface area contributed by atoms with E-state index in [4.69, 9.17) is 21.1 Å². The molecule has 132 valence electrons. The molecule has 1 amide bonds. The van der Waals surface area contributed by atoms with Crippen LogP contribution in [0.2, 0.25) is 5.02 Å². The van der Waals surface area contributed by atoms with Crippen LogP contribution in [0.1, 0.15) is 6.42 Å². The number of anilines is 2. The number of amides is 1. The van der Waals surface area contributed by atoms with Crippen molar-refractivity contribution >= 4 is 28.9 Å². The highest BCUT2D eigenvalue weighted by Gasteiger charge is 2.22. The minimum absolute atomic E-state index is 0.0506. The molecule has 1 fully saturated rings. The van der Waals surface area contributed by atoms with Gasteiger partial charge >= 0.3 is 0 Å². The summed E-state index contributed by atoms with van der Waals surface area (Å²) in [5.41, 5.74) is 1.88. The number of hydrogen-bond donors (Lipinski definition) is 1. The Bertz CT molecular complexity index is 704. The third-order valence-electron chi connectivity index (χ3n) is 4.18. The summed E-state index contributed by atoms with van der Waals surface area (Å²) in [4.78, 5) is 14.3. The number of rotatable bonds is 6. The average Bonchev–Trinajstić information content (AvgIpc) is 3.11. The highest BCUT2D eigenvalue weighted by molar-refractivity contribution is 6.30. The predicted octanol–water partition coefficient (Wildman–Crippen LogP) is 3.58. The first kappa shape index (κ1) is 17.6. The fourth-order valence-electron chi connectivity index (χ4n) is 2.79. The van der Waals surface area contributed by atoms with Crippen molar-refractivity contribution in [2.45, 2.75) is 12.5 Å². The molecule has 25 heavy (non-hydrogen) atoms. The van der Waals surface area contributed by atoms with Crippen LogP contribution in [0.3, 0.4) is 0 Å². The molecule has 1 atom stereocenters. The SMILES string of the molecule is COC1CCN(c2ccc(NC(=O)COc3ccc(Cl)cc3)cc2)C1. The summed E-state index contributed by atoms with van der Waals surface area (Å²) in [6.07, 6.45) is 1.33. The maximum absolute atomic E-state index is 12.0. The number of nitrogens with zero attached hydrogens (tertiary/aromatic N) is 1. The molecule has 0 aromatic heterocycles. The molecule has 1 aliphatic rings. The number of nitrogens with one attached hydrogen (secondary N) is 1. The maximum atomic E-state index is 12.0. The van der Waals surface area contributed by atoms with Gasteiger partial charge in [-0.05, 0) is 55.0 Å². The van der Waals surface area contributed by atoms with Crippen molar-refractivity contribution in [1.29, 1.82) is 0 Å². The zero-order valence-electron chi connectivity index (χ0n) is 14.1. The van der Waals surface area contributed by atoms with E-state index >= 15 is 0 Å². The molecular formula is C19H21ClN2O3. The third kappa shape index (κ3) is 4.87. The number of carbonyl (C=O) groups is 1. The Balaban J connectivity index is 1.49. The van der Waals surface area contributed by atoms with E-state index in [0.717, 1.165) is 30.9 Å². The van der Waals surface area contributed by atoms with Gasteiger partial charge in [-0.2, -0.15) is 0 Å². The number of halogens is 1. The van der Waals surface area contributed by atoms with E-state index in [9.17, 15) is 4.79 Å². The summed E-state index contributed by atoms with van der Waals surface area (Å²) in [6, 6.07) is 14.7. The second-order valence-corrected chi connectivity index (χ2v) is 6.37. The van der Waals surface area contributed by atoms with Crippen LogP contribution in [0, 0.1) is 0 Å². The average molecular weight is 361 g/mol. The van der Waals surface area contributed by atoms with E-state index in [0.29, 0.717) is 16.9 Å². The Hall–Kier alpha value is -2.24. The van der Waals surface area contributed by atoms with Gasteiger partial charge in [-0.3, -0.25) is 4.79 Å². The number of methoxy groups -OCH3 is 1. The summed E-state index contributed by atoms with van der Waals surface area (Å²) >= 11 is 5.81. The zero-order valence-corrected chi connectivity index (χ0v) is 14.8. The van der Waals surface area contributed by atoms with Gasteiger partial charge in [0.2, 0.25) is 0 Å². The van der Waals surface area contributed by atoms with Crippen LogP contribution in [0.15, 0.2) is 48.5 Å². The molecule has 0 aliphatic carbocycles. The van der Waals surface area contributed by atoms with Crippen LogP contribution >= 0.6 is 11.6 Å². The first-order valence-corrected chi connectivity index (χ1v) is 8.58. The molecule has 3 rings (SSSR count). The van der Waals surface area contributed by atoms with Crippen molar-refractivity contribution in [3.05, 3.63) is 53.6 Å². The lowest BCUT2D eigenvalue weighted by molar-refractivity contribution is -0.118. The smallest absolute Gasteiger partial charge is 0.262 e. The normalized spacial score (nSPS) is 16.7. The molecule has 0 radical (unpaired) electrons. The molecule has 0 bridgehead atoms. The van der Waals surface area contributed by atoms with Gasteiger partial charge in [0.1, 0.15) is 5.75 Å². The maximum Gasteiger partial charge on any atom is 0.262 e. The Morgan fingerprint density at radius 2 is 1.92 bits per heavy atom. The summed E-state index contributed by atoms with van der Waals surface area (Å²) in [5, 5.41) is 3.46. The van der Waals surface area contributed by atoms with Crippen molar-refractivity contribution in [3.8, 4) is 5.75 Å². The van der Waals surface area contributed by atoms with E-state index in [1.165, 1.54) is 0 Å².